The van der Waals surface area contributed by atoms with Gasteiger partial charge in [0.15, 0.2) is 6.20 Å². The SMILES string of the molecule is O=[N+]([O-])c1ccc(S(=O)(=O)N(CCCO)C2CCC2)cn1. The van der Waals surface area contributed by atoms with Crippen LogP contribution in [0.1, 0.15) is 25.7 Å². The van der Waals surface area contributed by atoms with Gasteiger partial charge in [-0.1, -0.05) is 6.42 Å². The quantitative estimate of drug-likeness (QED) is 0.591. The van der Waals surface area contributed by atoms with E-state index in [1.165, 1.54) is 10.4 Å². The third kappa shape index (κ3) is 3.36. The van der Waals surface area contributed by atoms with Gasteiger partial charge in [0.2, 0.25) is 10.0 Å². The molecular formula is C12H17N3O5S. The van der Waals surface area contributed by atoms with Crippen LogP contribution in [0.2, 0.25) is 0 Å². The Morgan fingerprint density at radius 2 is 2.14 bits per heavy atom. The number of hydrogen-bond acceptors (Lipinski definition) is 6. The lowest BCUT2D eigenvalue weighted by Crippen LogP contribution is -2.44. The van der Waals surface area contributed by atoms with Gasteiger partial charge in [0.05, 0.1) is 0 Å². The van der Waals surface area contributed by atoms with Gasteiger partial charge >= 0.3 is 5.82 Å². The fraction of sp³-hybridized carbons (Fsp3) is 0.583. The van der Waals surface area contributed by atoms with Gasteiger partial charge in [-0.25, -0.2) is 8.42 Å². The highest BCUT2D eigenvalue weighted by molar-refractivity contribution is 7.89. The summed E-state index contributed by atoms with van der Waals surface area (Å²) >= 11 is 0. The molecule has 1 aromatic rings. The van der Waals surface area contributed by atoms with Crippen LogP contribution in [-0.2, 0) is 10.0 Å². The first-order valence-corrected chi connectivity index (χ1v) is 8.14. The lowest BCUT2D eigenvalue weighted by atomic mass is 9.93. The van der Waals surface area contributed by atoms with Gasteiger partial charge in [-0.2, -0.15) is 4.31 Å². The summed E-state index contributed by atoms with van der Waals surface area (Å²) in [4.78, 5) is 13.4. The lowest BCUT2D eigenvalue weighted by Gasteiger charge is -2.36. The van der Waals surface area contributed by atoms with Crippen LogP contribution in [0.3, 0.4) is 0 Å². The van der Waals surface area contributed by atoms with Gasteiger partial charge < -0.3 is 15.2 Å². The molecule has 2 rings (SSSR count). The van der Waals surface area contributed by atoms with Crippen molar-refractivity contribution in [3.05, 3.63) is 28.4 Å². The van der Waals surface area contributed by atoms with E-state index in [-0.39, 0.29) is 29.9 Å². The van der Waals surface area contributed by atoms with E-state index in [9.17, 15) is 18.5 Å². The molecule has 1 heterocycles. The van der Waals surface area contributed by atoms with E-state index in [0.29, 0.717) is 6.42 Å². The molecule has 1 aliphatic carbocycles. The molecule has 0 aliphatic heterocycles. The number of aromatic nitrogens is 1. The van der Waals surface area contributed by atoms with Crippen molar-refractivity contribution >= 4 is 15.8 Å². The van der Waals surface area contributed by atoms with Crippen molar-refractivity contribution in [3.8, 4) is 0 Å². The highest BCUT2D eigenvalue weighted by Crippen LogP contribution is 2.30. The fourth-order valence-corrected chi connectivity index (χ4v) is 3.84. The normalized spacial score (nSPS) is 15.9. The summed E-state index contributed by atoms with van der Waals surface area (Å²) in [5, 5.41) is 19.5. The number of hydrogen-bond donors (Lipinski definition) is 1. The Hall–Kier alpha value is -1.58. The minimum absolute atomic E-state index is 0.0575. The largest absolute Gasteiger partial charge is 0.396 e. The number of aliphatic hydroxyl groups is 1. The molecular weight excluding hydrogens is 298 g/mol. The Balaban J connectivity index is 2.26. The van der Waals surface area contributed by atoms with Crippen molar-refractivity contribution in [2.45, 2.75) is 36.6 Å². The summed E-state index contributed by atoms with van der Waals surface area (Å²) < 4.78 is 26.5. The Bertz CT molecular complexity index is 598. The molecule has 0 radical (unpaired) electrons. The predicted octanol–water partition coefficient (Wildman–Crippen LogP) is 0.915. The lowest BCUT2D eigenvalue weighted by molar-refractivity contribution is -0.389. The summed E-state index contributed by atoms with van der Waals surface area (Å²) in [6, 6.07) is 2.22. The van der Waals surface area contributed by atoms with E-state index >= 15 is 0 Å². The molecule has 8 nitrogen and oxygen atoms in total. The van der Waals surface area contributed by atoms with E-state index in [1.807, 2.05) is 0 Å². The molecule has 1 saturated carbocycles. The van der Waals surface area contributed by atoms with Crippen LogP contribution in [0.25, 0.3) is 0 Å². The molecule has 0 bridgehead atoms. The van der Waals surface area contributed by atoms with E-state index in [2.05, 4.69) is 4.98 Å². The first-order valence-electron chi connectivity index (χ1n) is 6.70. The molecule has 0 spiro atoms. The van der Waals surface area contributed by atoms with Gasteiger partial charge in [0.25, 0.3) is 0 Å². The molecule has 1 N–H and O–H groups in total. The van der Waals surface area contributed by atoms with Crippen molar-refractivity contribution in [2.24, 2.45) is 0 Å². The second-order valence-corrected chi connectivity index (χ2v) is 6.78. The summed E-state index contributed by atoms with van der Waals surface area (Å²) in [7, 11) is -3.74. The van der Waals surface area contributed by atoms with Gasteiger partial charge in [-0.3, -0.25) is 0 Å². The van der Waals surface area contributed by atoms with Crippen LogP contribution >= 0.6 is 0 Å². The van der Waals surface area contributed by atoms with Gasteiger partial charge in [0.1, 0.15) is 4.90 Å². The van der Waals surface area contributed by atoms with Gasteiger partial charge in [-0.05, 0) is 35.2 Å². The zero-order chi connectivity index (χ0) is 15.5. The number of pyridine rings is 1. The van der Waals surface area contributed by atoms with Crippen molar-refractivity contribution in [1.29, 1.82) is 0 Å². The molecule has 0 aromatic carbocycles. The molecule has 9 heteroatoms. The first kappa shape index (κ1) is 15.8. The Labute approximate surface area is 122 Å². The maximum Gasteiger partial charge on any atom is 0.363 e. The number of rotatable bonds is 7. The minimum Gasteiger partial charge on any atom is -0.396 e. The molecule has 0 amide bonds. The average molecular weight is 315 g/mol. The summed E-state index contributed by atoms with van der Waals surface area (Å²) in [6.07, 6.45) is 3.94. The first-order chi connectivity index (χ1) is 9.96. The third-order valence-corrected chi connectivity index (χ3v) is 5.47. The highest BCUT2D eigenvalue weighted by atomic mass is 32.2. The topological polar surface area (TPSA) is 114 Å². The Morgan fingerprint density at radius 1 is 1.43 bits per heavy atom. The highest BCUT2D eigenvalue weighted by Gasteiger charge is 2.35. The number of nitro groups is 1. The number of aliphatic hydroxyl groups excluding tert-OH is 1. The van der Waals surface area contributed by atoms with E-state index in [1.54, 1.807) is 0 Å². The van der Waals surface area contributed by atoms with Crippen molar-refractivity contribution in [1.82, 2.24) is 9.29 Å². The van der Waals surface area contributed by atoms with Crippen LogP contribution in [0, 0.1) is 10.1 Å². The standard InChI is InChI=1S/C12H17N3O5S/c16-8-2-7-14(10-3-1-4-10)21(19,20)11-5-6-12(13-9-11)15(17)18/h5-6,9-10,16H,1-4,7-8H2. The predicted molar refractivity (Wildman–Crippen MR) is 74.1 cm³/mol. The van der Waals surface area contributed by atoms with Crippen LogP contribution in [-0.4, -0.2) is 46.9 Å². The van der Waals surface area contributed by atoms with Crippen molar-refractivity contribution in [2.75, 3.05) is 13.2 Å². The average Bonchev–Trinajstić information content (AvgIpc) is 2.41. The van der Waals surface area contributed by atoms with Gasteiger partial charge in [0, 0.05) is 25.3 Å². The van der Waals surface area contributed by atoms with Crippen LogP contribution < -0.4 is 0 Å². The van der Waals surface area contributed by atoms with Gasteiger partial charge in [-0.15, -0.1) is 0 Å². The van der Waals surface area contributed by atoms with E-state index in [0.717, 1.165) is 31.5 Å². The number of nitrogens with zero attached hydrogens (tertiary/aromatic N) is 3. The molecule has 1 aliphatic rings. The zero-order valence-corrected chi connectivity index (χ0v) is 12.2. The van der Waals surface area contributed by atoms with Crippen LogP contribution in [0.4, 0.5) is 5.82 Å². The van der Waals surface area contributed by atoms with Crippen molar-refractivity contribution < 1.29 is 18.4 Å². The maximum absolute atomic E-state index is 12.6. The van der Waals surface area contributed by atoms with Crippen LogP contribution in [0.5, 0.6) is 0 Å². The molecule has 0 atom stereocenters. The monoisotopic (exact) mass is 315 g/mol. The fourth-order valence-electron chi connectivity index (χ4n) is 2.17. The molecule has 1 fully saturated rings. The molecule has 1 aromatic heterocycles. The second kappa shape index (κ2) is 6.46. The Kier molecular flexibility index (Phi) is 4.86. The summed E-state index contributed by atoms with van der Waals surface area (Å²) in [6.45, 7) is 0.151. The Morgan fingerprint density at radius 3 is 2.57 bits per heavy atom. The van der Waals surface area contributed by atoms with E-state index in [4.69, 9.17) is 5.11 Å². The maximum atomic E-state index is 12.6. The smallest absolute Gasteiger partial charge is 0.363 e. The van der Waals surface area contributed by atoms with Crippen LogP contribution in [0.15, 0.2) is 23.2 Å². The summed E-state index contributed by atoms with van der Waals surface area (Å²) in [5.41, 5.74) is 0. The molecule has 0 unspecified atom stereocenters. The summed E-state index contributed by atoms with van der Waals surface area (Å²) in [5.74, 6) is -0.389. The minimum atomic E-state index is -3.74. The number of sulfonamides is 1. The molecule has 116 valence electrons. The van der Waals surface area contributed by atoms with E-state index < -0.39 is 14.9 Å². The van der Waals surface area contributed by atoms with Crippen molar-refractivity contribution in [3.63, 3.8) is 0 Å². The second-order valence-electron chi connectivity index (χ2n) is 4.89. The molecule has 0 saturated heterocycles. The zero-order valence-electron chi connectivity index (χ0n) is 11.4. The third-order valence-electron chi connectivity index (χ3n) is 3.53. The molecule has 21 heavy (non-hydrogen) atoms.